The summed E-state index contributed by atoms with van der Waals surface area (Å²) >= 11 is 0. The molecule has 0 aliphatic heterocycles. The zero-order valence-corrected chi connectivity index (χ0v) is 11.3. The van der Waals surface area contributed by atoms with E-state index in [1.54, 1.807) is 0 Å². The maximum Gasteiger partial charge on any atom is 0.223 e. The topological polar surface area (TPSA) is 64.3 Å². The standard InChI is InChI=1S/C13H28N2O2/c1-3-5-7-12(4-2)13(16)15-9-6-10-17-11-8-14/h12H,3-11,14H2,1-2H3,(H,15,16). The molecule has 0 saturated heterocycles. The summed E-state index contributed by atoms with van der Waals surface area (Å²) in [5, 5.41) is 2.97. The molecule has 4 heteroatoms. The lowest BCUT2D eigenvalue weighted by molar-refractivity contribution is -0.125. The van der Waals surface area contributed by atoms with Gasteiger partial charge in [-0.3, -0.25) is 4.79 Å². The van der Waals surface area contributed by atoms with E-state index in [4.69, 9.17) is 10.5 Å². The van der Waals surface area contributed by atoms with E-state index in [1.165, 1.54) is 0 Å². The van der Waals surface area contributed by atoms with Crippen molar-refractivity contribution >= 4 is 5.91 Å². The van der Waals surface area contributed by atoms with E-state index in [1.807, 2.05) is 0 Å². The van der Waals surface area contributed by atoms with Gasteiger partial charge in [-0.25, -0.2) is 0 Å². The predicted octanol–water partition coefficient (Wildman–Crippen LogP) is 1.68. The Labute approximate surface area is 105 Å². The van der Waals surface area contributed by atoms with Gasteiger partial charge >= 0.3 is 0 Å². The molecule has 17 heavy (non-hydrogen) atoms. The number of unbranched alkanes of at least 4 members (excludes halogenated alkanes) is 1. The minimum Gasteiger partial charge on any atom is -0.380 e. The molecule has 1 amide bonds. The molecule has 0 aromatic carbocycles. The van der Waals surface area contributed by atoms with E-state index in [0.29, 0.717) is 26.3 Å². The molecule has 0 spiro atoms. The van der Waals surface area contributed by atoms with Crippen molar-refractivity contribution in [2.24, 2.45) is 11.7 Å². The summed E-state index contributed by atoms with van der Waals surface area (Å²) in [6.07, 6.45) is 5.07. The first kappa shape index (κ1) is 16.4. The van der Waals surface area contributed by atoms with E-state index in [0.717, 1.165) is 32.1 Å². The number of carbonyl (C=O) groups is 1. The molecule has 3 N–H and O–H groups in total. The first-order valence-corrected chi connectivity index (χ1v) is 6.81. The Kier molecular flexibility index (Phi) is 11.4. The highest BCUT2D eigenvalue weighted by molar-refractivity contribution is 5.78. The molecule has 0 saturated carbocycles. The minimum absolute atomic E-state index is 0.180. The van der Waals surface area contributed by atoms with Crippen molar-refractivity contribution in [3.63, 3.8) is 0 Å². The van der Waals surface area contributed by atoms with Crippen LogP contribution in [0.5, 0.6) is 0 Å². The van der Waals surface area contributed by atoms with E-state index < -0.39 is 0 Å². The molecule has 1 atom stereocenters. The van der Waals surface area contributed by atoms with Crippen LogP contribution < -0.4 is 11.1 Å². The van der Waals surface area contributed by atoms with Crippen LogP contribution in [0, 0.1) is 5.92 Å². The fourth-order valence-electron chi connectivity index (χ4n) is 1.69. The summed E-state index contributed by atoms with van der Waals surface area (Å²) < 4.78 is 5.24. The van der Waals surface area contributed by atoms with E-state index >= 15 is 0 Å². The van der Waals surface area contributed by atoms with E-state index in [9.17, 15) is 4.79 Å². The van der Waals surface area contributed by atoms with Crippen molar-refractivity contribution in [3.05, 3.63) is 0 Å². The Balaban J connectivity index is 3.54. The Morgan fingerprint density at radius 1 is 1.29 bits per heavy atom. The van der Waals surface area contributed by atoms with Crippen LogP contribution in [0.4, 0.5) is 0 Å². The van der Waals surface area contributed by atoms with Crippen molar-refractivity contribution in [2.75, 3.05) is 26.3 Å². The van der Waals surface area contributed by atoms with Crippen molar-refractivity contribution in [2.45, 2.75) is 46.0 Å². The molecule has 1 unspecified atom stereocenters. The Morgan fingerprint density at radius 3 is 2.65 bits per heavy atom. The molecule has 102 valence electrons. The Hall–Kier alpha value is -0.610. The average Bonchev–Trinajstić information content (AvgIpc) is 2.34. The summed E-state index contributed by atoms with van der Waals surface area (Å²) in [4.78, 5) is 11.8. The smallest absolute Gasteiger partial charge is 0.223 e. The van der Waals surface area contributed by atoms with Gasteiger partial charge in [-0.05, 0) is 19.3 Å². The second-order valence-corrected chi connectivity index (χ2v) is 4.29. The van der Waals surface area contributed by atoms with Gasteiger partial charge in [-0.2, -0.15) is 0 Å². The number of hydrogen-bond donors (Lipinski definition) is 2. The molecule has 0 aliphatic carbocycles. The summed E-state index contributed by atoms with van der Waals surface area (Å²) in [7, 11) is 0. The number of ether oxygens (including phenoxy) is 1. The van der Waals surface area contributed by atoms with Crippen LogP contribution in [0.1, 0.15) is 46.0 Å². The van der Waals surface area contributed by atoms with Gasteiger partial charge in [-0.15, -0.1) is 0 Å². The van der Waals surface area contributed by atoms with Crippen LogP contribution in [0.25, 0.3) is 0 Å². The minimum atomic E-state index is 0.180. The highest BCUT2D eigenvalue weighted by atomic mass is 16.5. The van der Waals surface area contributed by atoms with Gasteiger partial charge in [0.1, 0.15) is 0 Å². The fourth-order valence-corrected chi connectivity index (χ4v) is 1.69. The van der Waals surface area contributed by atoms with Crippen LogP contribution in [0.3, 0.4) is 0 Å². The number of nitrogens with two attached hydrogens (primary N) is 1. The molecule has 0 bridgehead atoms. The third kappa shape index (κ3) is 9.12. The Morgan fingerprint density at radius 2 is 2.06 bits per heavy atom. The number of amides is 1. The lowest BCUT2D eigenvalue weighted by Crippen LogP contribution is -2.31. The summed E-state index contributed by atoms with van der Waals surface area (Å²) in [5.74, 6) is 0.375. The van der Waals surface area contributed by atoms with Crippen molar-refractivity contribution in [1.82, 2.24) is 5.32 Å². The van der Waals surface area contributed by atoms with Crippen molar-refractivity contribution in [3.8, 4) is 0 Å². The molecule has 0 aromatic rings. The Bertz CT molecular complexity index is 186. The fraction of sp³-hybridized carbons (Fsp3) is 0.923. The predicted molar refractivity (Wildman–Crippen MR) is 70.8 cm³/mol. The van der Waals surface area contributed by atoms with E-state index in [2.05, 4.69) is 19.2 Å². The molecule has 0 fully saturated rings. The van der Waals surface area contributed by atoms with Gasteiger partial charge in [0.2, 0.25) is 5.91 Å². The van der Waals surface area contributed by atoms with Gasteiger partial charge in [0.25, 0.3) is 0 Å². The van der Waals surface area contributed by atoms with Gasteiger partial charge in [0, 0.05) is 25.6 Å². The summed E-state index contributed by atoms with van der Waals surface area (Å²) in [5.41, 5.74) is 5.30. The van der Waals surface area contributed by atoms with Crippen LogP contribution in [-0.4, -0.2) is 32.2 Å². The van der Waals surface area contributed by atoms with Gasteiger partial charge < -0.3 is 15.8 Å². The highest BCUT2D eigenvalue weighted by Crippen LogP contribution is 2.12. The van der Waals surface area contributed by atoms with E-state index in [-0.39, 0.29) is 11.8 Å². The first-order valence-electron chi connectivity index (χ1n) is 6.81. The lowest BCUT2D eigenvalue weighted by Gasteiger charge is -2.14. The second-order valence-electron chi connectivity index (χ2n) is 4.29. The number of nitrogens with one attached hydrogen (secondary N) is 1. The largest absolute Gasteiger partial charge is 0.380 e. The quantitative estimate of drug-likeness (QED) is 0.544. The highest BCUT2D eigenvalue weighted by Gasteiger charge is 2.14. The number of rotatable bonds is 11. The summed E-state index contributed by atoms with van der Waals surface area (Å²) in [6.45, 7) is 6.75. The molecular weight excluding hydrogens is 216 g/mol. The first-order chi connectivity index (χ1) is 8.26. The lowest BCUT2D eigenvalue weighted by atomic mass is 9.98. The monoisotopic (exact) mass is 244 g/mol. The SMILES string of the molecule is CCCCC(CC)C(=O)NCCCOCCN. The van der Waals surface area contributed by atoms with Gasteiger partial charge in [-0.1, -0.05) is 26.7 Å². The zero-order chi connectivity index (χ0) is 12.9. The normalized spacial score (nSPS) is 12.4. The molecular formula is C13H28N2O2. The molecule has 0 heterocycles. The van der Waals surface area contributed by atoms with Crippen LogP contribution in [0.2, 0.25) is 0 Å². The maximum absolute atomic E-state index is 11.8. The van der Waals surface area contributed by atoms with Gasteiger partial charge in [0.05, 0.1) is 6.61 Å². The summed E-state index contributed by atoms with van der Waals surface area (Å²) in [6, 6.07) is 0. The van der Waals surface area contributed by atoms with Crippen molar-refractivity contribution < 1.29 is 9.53 Å². The van der Waals surface area contributed by atoms with Crippen LogP contribution in [-0.2, 0) is 9.53 Å². The molecule has 0 aliphatic rings. The average molecular weight is 244 g/mol. The molecule has 4 nitrogen and oxygen atoms in total. The zero-order valence-electron chi connectivity index (χ0n) is 11.3. The number of carbonyl (C=O) groups excluding carboxylic acids is 1. The van der Waals surface area contributed by atoms with Gasteiger partial charge in [0.15, 0.2) is 0 Å². The second kappa shape index (κ2) is 11.9. The number of hydrogen-bond acceptors (Lipinski definition) is 3. The molecule has 0 radical (unpaired) electrons. The maximum atomic E-state index is 11.8. The third-order valence-corrected chi connectivity index (χ3v) is 2.80. The van der Waals surface area contributed by atoms with Crippen LogP contribution in [0.15, 0.2) is 0 Å². The van der Waals surface area contributed by atoms with Crippen LogP contribution >= 0.6 is 0 Å². The third-order valence-electron chi connectivity index (χ3n) is 2.80. The van der Waals surface area contributed by atoms with Crippen molar-refractivity contribution in [1.29, 1.82) is 0 Å². The molecule has 0 aromatic heterocycles. The molecule has 0 rings (SSSR count).